The van der Waals surface area contributed by atoms with Gasteiger partial charge < -0.3 is 15.0 Å². The van der Waals surface area contributed by atoms with Gasteiger partial charge in [-0.1, -0.05) is 18.2 Å². The van der Waals surface area contributed by atoms with E-state index in [0.29, 0.717) is 5.11 Å². The van der Waals surface area contributed by atoms with Crippen molar-refractivity contribution < 1.29 is 4.74 Å². The second-order valence-electron chi connectivity index (χ2n) is 4.96. The van der Waals surface area contributed by atoms with Crippen LogP contribution < -0.4 is 15.0 Å². The molecular formula is C17H20N2OS. The van der Waals surface area contributed by atoms with Crippen molar-refractivity contribution in [2.45, 2.75) is 19.9 Å². The van der Waals surface area contributed by atoms with E-state index in [1.165, 1.54) is 0 Å². The van der Waals surface area contributed by atoms with Crippen LogP contribution >= 0.6 is 12.2 Å². The maximum atomic E-state index is 5.56. The Balaban J connectivity index is 2.15. The van der Waals surface area contributed by atoms with E-state index in [0.717, 1.165) is 17.1 Å². The third-order valence-corrected chi connectivity index (χ3v) is 3.41. The maximum Gasteiger partial charge on any atom is 0.178 e. The fourth-order valence-electron chi connectivity index (χ4n) is 2.10. The first-order valence-corrected chi connectivity index (χ1v) is 7.32. The van der Waals surface area contributed by atoms with Gasteiger partial charge in [0.2, 0.25) is 0 Å². The molecule has 0 atom stereocenters. The molecule has 21 heavy (non-hydrogen) atoms. The third-order valence-electron chi connectivity index (χ3n) is 3.11. The number of methoxy groups -OCH3 is 1. The number of thiocarbonyl (C=S) groups is 1. The number of anilines is 2. The Hall–Kier alpha value is -2.07. The predicted molar refractivity (Wildman–Crippen MR) is 93.3 cm³/mol. The summed E-state index contributed by atoms with van der Waals surface area (Å²) in [6.45, 7) is 4.24. The van der Waals surface area contributed by atoms with Gasteiger partial charge in [0.15, 0.2) is 5.11 Å². The average molecular weight is 300 g/mol. The van der Waals surface area contributed by atoms with Crippen molar-refractivity contribution in [2.75, 3.05) is 17.3 Å². The molecule has 110 valence electrons. The normalized spacial score (nSPS) is 10.3. The summed E-state index contributed by atoms with van der Waals surface area (Å²) in [5.74, 6) is 0.829. The van der Waals surface area contributed by atoms with Crippen molar-refractivity contribution in [2.24, 2.45) is 0 Å². The molecule has 0 spiro atoms. The van der Waals surface area contributed by atoms with Crippen LogP contribution in [0, 0.1) is 0 Å². The molecule has 0 saturated heterocycles. The summed E-state index contributed by atoms with van der Waals surface area (Å²) in [6.07, 6.45) is 0. The SMILES string of the molecule is COc1ccc(NC(=S)N(c2ccccc2)C(C)C)cc1. The molecule has 0 aliphatic heterocycles. The van der Waals surface area contributed by atoms with Gasteiger partial charge in [-0.25, -0.2) is 0 Å². The number of nitrogens with zero attached hydrogens (tertiary/aromatic N) is 1. The molecule has 0 saturated carbocycles. The van der Waals surface area contributed by atoms with Crippen LogP contribution in [-0.4, -0.2) is 18.3 Å². The van der Waals surface area contributed by atoms with Gasteiger partial charge in [-0.3, -0.25) is 0 Å². The van der Waals surface area contributed by atoms with E-state index < -0.39 is 0 Å². The molecule has 2 rings (SSSR count). The van der Waals surface area contributed by atoms with E-state index in [1.807, 2.05) is 42.5 Å². The van der Waals surface area contributed by atoms with Crippen molar-refractivity contribution in [3.8, 4) is 5.75 Å². The van der Waals surface area contributed by atoms with E-state index >= 15 is 0 Å². The summed E-state index contributed by atoms with van der Waals surface area (Å²) in [7, 11) is 1.66. The van der Waals surface area contributed by atoms with Gasteiger partial charge in [-0.2, -0.15) is 0 Å². The number of nitrogens with one attached hydrogen (secondary N) is 1. The van der Waals surface area contributed by atoms with E-state index in [4.69, 9.17) is 17.0 Å². The Bertz CT molecular complexity index is 581. The van der Waals surface area contributed by atoms with E-state index in [2.05, 4.69) is 36.2 Å². The van der Waals surface area contributed by atoms with Gasteiger partial charge in [0.25, 0.3) is 0 Å². The van der Waals surface area contributed by atoms with Crippen LogP contribution in [0.4, 0.5) is 11.4 Å². The molecule has 0 heterocycles. The molecule has 2 aromatic carbocycles. The van der Waals surface area contributed by atoms with Crippen LogP contribution in [0.5, 0.6) is 5.75 Å². The molecular weight excluding hydrogens is 280 g/mol. The molecule has 1 N–H and O–H groups in total. The molecule has 4 heteroatoms. The minimum absolute atomic E-state index is 0.269. The number of hydrogen-bond donors (Lipinski definition) is 1. The van der Waals surface area contributed by atoms with Crippen LogP contribution in [0.15, 0.2) is 54.6 Å². The highest BCUT2D eigenvalue weighted by atomic mass is 32.1. The first kappa shape index (κ1) is 15.3. The lowest BCUT2D eigenvalue weighted by molar-refractivity contribution is 0.415. The van der Waals surface area contributed by atoms with Crippen LogP contribution in [0.25, 0.3) is 0 Å². The van der Waals surface area contributed by atoms with Crippen molar-refractivity contribution in [3.63, 3.8) is 0 Å². The minimum Gasteiger partial charge on any atom is -0.497 e. The zero-order valence-corrected chi connectivity index (χ0v) is 13.4. The molecule has 0 amide bonds. The smallest absolute Gasteiger partial charge is 0.178 e. The van der Waals surface area contributed by atoms with Gasteiger partial charge >= 0.3 is 0 Å². The molecule has 0 bridgehead atoms. The Kier molecular flexibility index (Phi) is 5.17. The molecule has 0 radical (unpaired) electrons. The number of ether oxygens (including phenoxy) is 1. The zero-order valence-electron chi connectivity index (χ0n) is 12.5. The number of hydrogen-bond acceptors (Lipinski definition) is 2. The van der Waals surface area contributed by atoms with Crippen molar-refractivity contribution in [1.82, 2.24) is 0 Å². The number of para-hydroxylation sites is 1. The second kappa shape index (κ2) is 7.09. The Morgan fingerprint density at radius 2 is 1.67 bits per heavy atom. The van der Waals surface area contributed by atoms with E-state index in [1.54, 1.807) is 7.11 Å². The summed E-state index contributed by atoms with van der Waals surface area (Å²) in [5.41, 5.74) is 2.03. The van der Waals surface area contributed by atoms with Gasteiger partial charge in [-0.05, 0) is 62.5 Å². The quantitative estimate of drug-likeness (QED) is 0.851. The Morgan fingerprint density at radius 1 is 1.05 bits per heavy atom. The van der Waals surface area contributed by atoms with Crippen LogP contribution in [0.2, 0.25) is 0 Å². The molecule has 2 aromatic rings. The van der Waals surface area contributed by atoms with Gasteiger partial charge in [0.1, 0.15) is 5.75 Å². The maximum absolute atomic E-state index is 5.56. The predicted octanol–water partition coefficient (Wildman–Crippen LogP) is 4.31. The molecule has 3 nitrogen and oxygen atoms in total. The highest BCUT2D eigenvalue weighted by Gasteiger charge is 2.15. The molecule has 0 aliphatic carbocycles. The Morgan fingerprint density at radius 3 is 2.19 bits per heavy atom. The minimum atomic E-state index is 0.269. The molecule has 0 aliphatic rings. The second-order valence-corrected chi connectivity index (χ2v) is 5.34. The highest BCUT2D eigenvalue weighted by molar-refractivity contribution is 7.80. The monoisotopic (exact) mass is 300 g/mol. The van der Waals surface area contributed by atoms with Crippen molar-refractivity contribution in [3.05, 3.63) is 54.6 Å². The Labute approximate surface area is 131 Å². The van der Waals surface area contributed by atoms with Crippen LogP contribution in [0.1, 0.15) is 13.8 Å². The summed E-state index contributed by atoms with van der Waals surface area (Å²) in [5, 5.41) is 3.96. The lowest BCUT2D eigenvalue weighted by Gasteiger charge is -2.29. The largest absolute Gasteiger partial charge is 0.497 e. The number of benzene rings is 2. The summed E-state index contributed by atoms with van der Waals surface area (Å²) >= 11 is 5.56. The average Bonchev–Trinajstić information content (AvgIpc) is 2.49. The molecule has 0 fully saturated rings. The van der Waals surface area contributed by atoms with Gasteiger partial charge in [0.05, 0.1) is 7.11 Å². The lowest BCUT2D eigenvalue weighted by atomic mass is 10.2. The summed E-state index contributed by atoms with van der Waals surface area (Å²) in [6, 6.07) is 18.1. The molecule has 0 aromatic heterocycles. The third kappa shape index (κ3) is 3.95. The van der Waals surface area contributed by atoms with Gasteiger partial charge in [-0.15, -0.1) is 0 Å². The van der Waals surface area contributed by atoms with Crippen LogP contribution in [0.3, 0.4) is 0 Å². The summed E-state index contributed by atoms with van der Waals surface area (Å²) < 4.78 is 5.16. The van der Waals surface area contributed by atoms with Crippen LogP contribution in [-0.2, 0) is 0 Å². The highest BCUT2D eigenvalue weighted by Crippen LogP contribution is 2.20. The topological polar surface area (TPSA) is 24.5 Å². The van der Waals surface area contributed by atoms with Crippen molar-refractivity contribution in [1.29, 1.82) is 0 Å². The fraction of sp³-hybridized carbons (Fsp3) is 0.235. The van der Waals surface area contributed by atoms with Gasteiger partial charge in [0, 0.05) is 17.4 Å². The first-order valence-electron chi connectivity index (χ1n) is 6.91. The standard InChI is InChI=1S/C17H20N2OS/c1-13(2)19(15-7-5-4-6-8-15)17(21)18-14-9-11-16(20-3)12-10-14/h4-13H,1-3H3,(H,18,21). The van der Waals surface area contributed by atoms with E-state index in [-0.39, 0.29) is 6.04 Å². The fourth-order valence-corrected chi connectivity index (χ4v) is 2.53. The molecule has 0 unspecified atom stereocenters. The first-order chi connectivity index (χ1) is 10.1. The lowest BCUT2D eigenvalue weighted by Crippen LogP contribution is -2.40. The summed E-state index contributed by atoms with van der Waals surface area (Å²) in [4.78, 5) is 2.10. The van der Waals surface area contributed by atoms with Crippen molar-refractivity contribution >= 4 is 28.7 Å². The van der Waals surface area contributed by atoms with E-state index in [9.17, 15) is 0 Å². The zero-order chi connectivity index (χ0) is 15.2. The number of rotatable bonds is 4.